The Kier molecular flexibility index (Phi) is 4.23. The smallest absolute Gasteiger partial charge is 0.310 e. The predicted octanol–water partition coefficient (Wildman–Crippen LogP) is 2.40. The largest absolute Gasteiger partial charge is 0.390 e. The SMILES string of the molecule is CC(CC(F)(F)F)N1CCCNC(C)(C)C1. The van der Waals surface area contributed by atoms with E-state index in [1.807, 2.05) is 18.7 Å². The number of nitrogens with one attached hydrogen (secondary N) is 1. The molecule has 1 atom stereocenters. The molecule has 0 radical (unpaired) electrons. The van der Waals surface area contributed by atoms with Crippen LogP contribution in [0.2, 0.25) is 0 Å². The highest BCUT2D eigenvalue weighted by atomic mass is 19.4. The fourth-order valence-corrected chi connectivity index (χ4v) is 2.19. The minimum Gasteiger partial charge on any atom is -0.310 e. The van der Waals surface area contributed by atoms with Crippen molar-refractivity contribution in [2.75, 3.05) is 19.6 Å². The van der Waals surface area contributed by atoms with E-state index in [9.17, 15) is 13.2 Å². The Balaban J connectivity index is 2.57. The molecule has 0 bridgehead atoms. The zero-order chi connectivity index (χ0) is 12.4. The van der Waals surface area contributed by atoms with Gasteiger partial charge in [-0.05, 0) is 40.3 Å². The van der Waals surface area contributed by atoms with Gasteiger partial charge in [-0.1, -0.05) is 0 Å². The molecular weight excluding hydrogens is 217 g/mol. The molecule has 1 rings (SSSR count). The van der Waals surface area contributed by atoms with Crippen LogP contribution < -0.4 is 5.32 Å². The number of nitrogens with zero attached hydrogens (tertiary/aromatic N) is 1. The monoisotopic (exact) mass is 238 g/mol. The number of halogens is 3. The molecule has 1 N–H and O–H groups in total. The van der Waals surface area contributed by atoms with E-state index < -0.39 is 18.6 Å². The zero-order valence-corrected chi connectivity index (χ0v) is 10.2. The van der Waals surface area contributed by atoms with Gasteiger partial charge in [-0.25, -0.2) is 0 Å². The summed E-state index contributed by atoms with van der Waals surface area (Å²) in [6.07, 6.45) is -3.88. The molecule has 0 aromatic heterocycles. The van der Waals surface area contributed by atoms with E-state index in [-0.39, 0.29) is 5.54 Å². The molecule has 0 aromatic carbocycles. The maximum Gasteiger partial charge on any atom is 0.390 e. The van der Waals surface area contributed by atoms with Gasteiger partial charge >= 0.3 is 6.18 Å². The van der Waals surface area contributed by atoms with Crippen molar-refractivity contribution in [2.24, 2.45) is 0 Å². The molecule has 96 valence electrons. The van der Waals surface area contributed by atoms with Crippen LogP contribution in [0.3, 0.4) is 0 Å². The van der Waals surface area contributed by atoms with Gasteiger partial charge < -0.3 is 5.32 Å². The summed E-state index contributed by atoms with van der Waals surface area (Å²) in [6, 6.07) is -0.431. The number of rotatable bonds is 2. The standard InChI is InChI=1S/C11H21F3N2/c1-9(7-11(12,13)14)16-6-4-5-15-10(2,3)8-16/h9,15H,4-8H2,1-3H3. The molecule has 0 amide bonds. The van der Waals surface area contributed by atoms with Gasteiger partial charge in [-0.15, -0.1) is 0 Å². The summed E-state index contributed by atoms with van der Waals surface area (Å²) in [4.78, 5) is 1.94. The quantitative estimate of drug-likeness (QED) is 0.794. The molecule has 0 saturated carbocycles. The maximum absolute atomic E-state index is 12.3. The van der Waals surface area contributed by atoms with Crippen molar-refractivity contribution >= 4 is 0 Å². The second-order valence-electron chi connectivity index (χ2n) is 5.30. The van der Waals surface area contributed by atoms with E-state index in [1.165, 1.54) is 0 Å². The maximum atomic E-state index is 12.3. The van der Waals surface area contributed by atoms with Crippen molar-refractivity contribution in [3.63, 3.8) is 0 Å². The van der Waals surface area contributed by atoms with Gasteiger partial charge in [-0.3, -0.25) is 4.90 Å². The van der Waals surface area contributed by atoms with Crippen LogP contribution in [-0.4, -0.2) is 42.3 Å². The number of hydrogen-bond acceptors (Lipinski definition) is 2. The summed E-state index contributed by atoms with van der Waals surface area (Å²) in [5.74, 6) is 0. The number of hydrogen-bond donors (Lipinski definition) is 1. The molecule has 0 aliphatic carbocycles. The van der Waals surface area contributed by atoms with E-state index >= 15 is 0 Å². The van der Waals surface area contributed by atoms with Crippen LogP contribution >= 0.6 is 0 Å². The van der Waals surface area contributed by atoms with E-state index in [2.05, 4.69) is 5.32 Å². The zero-order valence-electron chi connectivity index (χ0n) is 10.2. The molecule has 1 heterocycles. The van der Waals surface area contributed by atoms with E-state index in [1.54, 1.807) is 6.92 Å². The van der Waals surface area contributed by atoms with Crippen LogP contribution in [0.15, 0.2) is 0 Å². The molecule has 16 heavy (non-hydrogen) atoms. The van der Waals surface area contributed by atoms with Crippen molar-refractivity contribution in [3.05, 3.63) is 0 Å². The van der Waals surface area contributed by atoms with Gasteiger partial charge in [0, 0.05) is 18.1 Å². The summed E-state index contributed by atoms with van der Waals surface area (Å²) in [7, 11) is 0. The molecule has 5 heteroatoms. The van der Waals surface area contributed by atoms with Crippen LogP contribution in [0.4, 0.5) is 13.2 Å². The van der Waals surface area contributed by atoms with Crippen molar-refractivity contribution in [3.8, 4) is 0 Å². The first kappa shape index (κ1) is 13.8. The second-order valence-corrected chi connectivity index (χ2v) is 5.30. The van der Waals surface area contributed by atoms with Crippen molar-refractivity contribution < 1.29 is 13.2 Å². The molecular formula is C11H21F3N2. The van der Waals surface area contributed by atoms with Crippen molar-refractivity contribution in [1.29, 1.82) is 0 Å². The normalized spacial score (nSPS) is 25.1. The van der Waals surface area contributed by atoms with Gasteiger partial charge in [0.15, 0.2) is 0 Å². The Morgan fingerprint density at radius 2 is 2.00 bits per heavy atom. The van der Waals surface area contributed by atoms with Crippen LogP contribution in [0.5, 0.6) is 0 Å². The molecule has 1 saturated heterocycles. The van der Waals surface area contributed by atoms with E-state index in [4.69, 9.17) is 0 Å². The molecule has 1 fully saturated rings. The lowest BCUT2D eigenvalue weighted by atomic mass is 10.0. The fourth-order valence-electron chi connectivity index (χ4n) is 2.19. The molecule has 1 unspecified atom stereocenters. The van der Waals surface area contributed by atoms with Gasteiger partial charge in [0.1, 0.15) is 0 Å². The average Bonchev–Trinajstić information content (AvgIpc) is 2.23. The third-order valence-electron chi connectivity index (χ3n) is 2.97. The Morgan fingerprint density at radius 1 is 1.38 bits per heavy atom. The molecule has 0 spiro atoms. The third kappa shape index (κ3) is 4.70. The van der Waals surface area contributed by atoms with E-state index in [0.717, 1.165) is 19.5 Å². The summed E-state index contributed by atoms with van der Waals surface area (Å²) < 4.78 is 36.9. The van der Waals surface area contributed by atoms with Crippen LogP contribution in [0.25, 0.3) is 0 Å². The topological polar surface area (TPSA) is 15.3 Å². The lowest BCUT2D eigenvalue weighted by molar-refractivity contribution is -0.146. The minimum atomic E-state index is -4.07. The summed E-state index contributed by atoms with van der Waals surface area (Å²) in [5, 5.41) is 3.35. The Hall–Kier alpha value is -0.290. The average molecular weight is 238 g/mol. The summed E-state index contributed by atoms with van der Waals surface area (Å²) in [6.45, 7) is 8.02. The second kappa shape index (κ2) is 4.92. The molecule has 1 aliphatic rings. The van der Waals surface area contributed by atoms with Gasteiger partial charge in [0.25, 0.3) is 0 Å². The summed E-state index contributed by atoms with van der Waals surface area (Å²) in [5.41, 5.74) is -0.101. The molecule has 1 aliphatic heterocycles. The highest BCUT2D eigenvalue weighted by Gasteiger charge is 2.34. The van der Waals surface area contributed by atoms with E-state index in [0.29, 0.717) is 6.54 Å². The van der Waals surface area contributed by atoms with Gasteiger partial charge in [0.05, 0.1) is 6.42 Å². The van der Waals surface area contributed by atoms with Gasteiger partial charge in [0.2, 0.25) is 0 Å². The highest BCUT2D eigenvalue weighted by Crippen LogP contribution is 2.25. The number of alkyl halides is 3. The molecule has 2 nitrogen and oxygen atoms in total. The van der Waals surface area contributed by atoms with Crippen LogP contribution in [0, 0.1) is 0 Å². The lowest BCUT2D eigenvalue weighted by Gasteiger charge is -2.34. The third-order valence-corrected chi connectivity index (χ3v) is 2.97. The first-order chi connectivity index (χ1) is 7.20. The van der Waals surface area contributed by atoms with Gasteiger partial charge in [-0.2, -0.15) is 13.2 Å². The summed E-state index contributed by atoms with van der Waals surface area (Å²) >= 11 is 0. The first-order valence-electron chi connectivity index (χ1n) is 5.75. The Bertz CT molecular complexity index is 226. The van der Waals surface area contributed by atoms with Crippen LogP contribution in [0.1, 0.15) is 33.6 Å². The highest BCUT2D eigenvalue weighted by molar-refractivity contribution is 4.87. The minimum absolute atomic E-state index is 0.101. The Morgan fingerprint density at radius 3 is 2.56 bits per heavy atom. The first-order valence-corrected chi connectivity index (χ1v) is 5.75. The fraction of sp³-hybridized carbons (Fsp3) is 1.00. The Labute approximate surface area is 95.2 Å². The van der Waals surface area contributed by atoms with Crippen molar-refractivity contribution in [1.82, 2.24) is 10.2 Å². The van der Waals surface area contributed by atoms with Crippen molar-refractivity contribution in [2.45, 2.75) is 51.4 Å². The predicted molar refractivity (Wildman–Crippen MR) is 58.4 cm³/mol. The van der Waals surface area contributed by atoms with Crippen LogP contribution in [-0.2, 0) is 0 Å². The molecule has 0 aromatic rings. The lowest BCUT2D eigenvalue weighted by Crippen LogP contribution is -2.49.